The molecule has 0 saturated heterocycles. The van der Waals surface area contributed by atoms with Crippen LogP contribution < -0.4 is 15.5 Å². The number of benzene rings is 1. The van der Waals surface area contributed by atoms with Crippen molar-refractivity contribution in [2.75, 3.05) is 24.5 Å². The number of ether oxygens (including phenoxy) is 2. The molecule has 0 aliphatic heterocycles. The van der Waals surface area contributed by atoms with E-state index in [4.69, 9.17) is 14.7 Å². The summed E-state index contributed by atoms with van der Waals surface area (Å²) in [6, 6.07) is 8.40. The number of hydrazone groups is 1. The molecule has 2 rings (SSSR count). The van der Waals surface area contributed by atoms with Gasteiger partial charge >= 0.3 is 5.97 Å². The highest BCUT2D eigenvalue weighted by atomic mass is 16.5. The van der Waals surface area contributed by atoms with Gasteiger partial charge in [-0.25, -0.2) is 9.78 Å². The number of rotatable bonds is 7. The molecule has 0 radical (unpaired) electrons. The summed E-state index contributed by atoms with van der Waals surface area (Å²) in [5.74, 6) is -0.929. The van der Waals surface area contributed by atoms with Gasteiger partial charge in [0, 0.05) is 0 Å². The van der Waals surface area contributed by atoms with Crippen molar-refractivity contribution in [3.63, 3.8) is 0 Å². The second-order valence-electron chi connectivity index (χ2n) is 4.69. The van der Waals surface area contributed by atoms with E-state index in [1.165, 1.54) is 13.4 Å². The van der Waals surface area contributed by atoms with E-state index in [0.717, 1.165) is 0 Å². The number of carbonyl (C=O) groups is 2. The SMILES string of the molecule is CCOC(=O)c1[nH]cnc1NN=C(C#N)C(=O)Nc1ccccc1OC. The van der Waals surface area contributed by atoms with Crippen LogP contribution in [0.3, 0.4) is 0 Å². The van der Waals surface area contributed by atoms with Gasteiger partial charge in [-0.15, -0.1) is 0 Å². The third kappa shape index (κ3) is 4.35. The maximum Gasteiger partial charge on any atom is 0.358 e. The first-order valence-electron chi connectivity index (χ1n) is 7.49. The van der Waals surface area contributed by atoms with Crippen molar-refractivity contribution in [3.05, 3.63) is 36.3 Å². The normalized spacial score (nSPS) is 10.6. The Bertz CT molecular complexity index is 868. The van der Waals surface area contributed by atoms with E-state index in [9.17, 15) is 9.59 Å². The number of nitrogens with zero attached hydrogens (tertiary/aromatic N) is 3. The van der Waals surface area contributed by atoms with Crippen LogP contribution in [-0.4, -0.2) is 41.3 Å². The summed E-state index contributed by atoms with van der Waals surface area (Å²) in [4.78, 5) is 30.4. The van der Waals surface area contributed by atoms with E-state index in [0.29, 0.717) is 11.4 Å². The zero-order chi connectivity index (χ0) is 18.9. The summed E-state index contributed by atoms with van der Waals surface area (Å²) >= 11 is 0. The third-order valence-electron chi connectivity index (χ3n) is 3.07. The van der Waals surface area contributed by atoms with Crippen LogP contribution in [0.2, 0.25) is 0 Å². The van der Waals surface area contributed by atoms with Crippen molar-refractivity contribution in [3.8, 4) is 11.8 Å². The fourth-order valence-electron chi connectivity index (χ4n) is 1.90. The smallest absolute Gasteiger partial charge is 0.358 e. The highest BCUT2D eigenvalue weighted by molar-refractivity contribution is 6.48. The molecule has 0 saturated carbocycles. The van der Waals surface area contributed by atoms with Gasteiger partial charge in [0.1, 0.15) is 11.8 Å². The molecule has 0 fully saturated rings. The number of esters is 1. The summed E-state index contributed by atoms with van der Waals surface area (Å²) in [5, 5.41) is 15.4. The maximum atomic E-state index is 12.2. The largest absolute Gasteiger partial charge is 0.495 e. The van der Waals surface area contributed by atoms with Gasteiger partial charge in [0.25, 0.3) is 5.91 Å². The molecule has 2 aromatic rings. The molecular weight excluding hydrogens is 340 g/mol. The molecule has 134 valence electrons. The van der Waals surface area contributed by atoms with Gasteiger partial charge in [0.2, 0.25) is 5.71 Å². The van der Waals surface area contributed by atoms with Crippen molar-refractivity contribution in [2.24, 2.45) is 5.10 Å². The molecule has 1 heterocycles. The number of carbonyl (C=O) groups excluding carboxylic acids is 2. The third-order valence-corrected chi connectivity index (χ3v) is 3.07. The molecular formula is C16H16N6O4. The first kappa shape index (κ1) is 18.5. The lowest BCUT2D eigenvalue weighted by Crippen LogP contribution is -2.23. The second kappa shape index (κ2) is 8.84. The van der Waals surface area contributed by atoms with Crippen LogP contribution in [0.1, 0.15) is 17.4 Å². The van der Waals surface area contributed by atoms with E-state index in [1.54, 1.807) is 37.3 Å². The van der Waals surface area contributed by atoms with Crippen molar-refractivity contribution in [1.82, 2.24) is 9.97 Å². The molecule has 0 unspecified atom stereocenters. The highest BCUT2D eigenvalue weighted by Crippen LogP contribution is 2.22. The fourth-order valence-corrected chi connectivity index (χ4v) is 1.90. The molecule has 26 heavy (non-hydrogen) atoms. The Hall–Kier alpha value is -3.87. The minimum Gasteiger partial charge on any atom is -0.495 e. The van der Waals surface area contributed by atoms with Gasteiger partial charge < -0.3 is 19.8 Å². The number of H-pyrrole nitrogens is 1. The van der Waals surface area contributed by atoms with Crippen molar-refractivity contribution in [2.45, 2.75) is 6.92 Å². The zero-order valence-electron chi connectivity index (χ0n) is 14.1. The maximum absolute atomic E-state index is 12.2. The number of anilines is 2. The summed E-state index contributed by atoms with van der Waals surface area (Å²) in [5.41, 5.74) is 2.36. The number of nitriles is 1. The molecule has 10 nitrogen and oxygen atoms in total. The van der Waals surface area contributed by atoms with Crippen molar-refractivity contribution in [1.29, 1.82) is 5.26 Å². The molecule has 0 spiro atoms. The summed E-state index contributed by atoms with van der Waals surface area (Å²) in [6.45, 7) is 1.85. The predicted octanol–water partition coefficient (Wildman–Crippen LogP) is 1.53. The molecule has 0 bridgehead atoms. The number of imidazole rings is 1. The van der Waals surface area contributed by atoms with Crippen molar-refractivity contribution >= 4 is 29.1 Å². The summed E-state index contributed by atoms with van der Waals surface area (Å²) < 4.78 is 9.98. The Balaban J connectivity index is 2.14. The molecule has 0 atom stereocenters. The number of aromatic nitrogens is 2. The minimum absolute atomic E-state index is 0.0260. The van der Waals surface area contributed by atoms with Gasteiger partial charge in [-0.05, 0) is 19.1 Å². The molecule has 0 aliphatic rings. The van der Waals surface area contributed by atoms with Crippen molar-refractivity contribution < 1.29 is 19.1 Å². The standard InChI is InChI=1S/C16H16N6O4/c1-3-26-16(24)13-14(19-9-18-13)22-21-11(8-17)15(23)20-10-6-4-5-7-12(10)25-2/h4-7,9,22H,3H2,1-2H3,(H,18,19)(H,20,23). The lowest BCUT2D eigenvalue weighted by Gasteiger charge is -2.08. The number of hydrogen-bond donors (Lipinski definition) is 3. The number of para-hydroxylation sites is 2. The topological polar surface area (TPSA) is 141 Å². The Morgan fingerprint density at radius 3 is 2.85 bits per heavy atom. The van der Waals surface area contributed by atoms with Crippen LogP contribution in [0.15, 0.2) is 35.7 Å². The van der Waals surface area contributed by atoms with Gasteiger partial charge in [-0.2, -0.15) is 10.4 Å². The van der Waals surface area contributed by atoms with Gasteiger partial charge in [-0.3, -0.25) is 10.2 Å². The predicted molar refractivity (Wildman–Crippen MR) is 92.8 cm³/mol. The van der Waals surface area contributed by atoms with E-state index in [1.807, 2.05) is 0 Å². The van der Waals surface area contributed by atoms with Gasteiger partial charge in [-0.1, -0.05) is 12.1 Å². The van der Waals surface area contributed by atoms with Gasteiger partial charge in [0.05, 0.1) is 25.7 Å². The van der Waals surface area contributed by atoms with E-state index >= 15 is 0 Å². The Kier molecular flexibility index (Phi) is 6.28. The monoisotopic (exact) mass is 356 g/mol. The van der Waals surface area contributed by atoms with E-state index < -0.39 is 17.6 Å². The number of hydrogen-bond acceptors (Lipinski definition) is 8. The molecule has 1 aromatic heterocycles. The first-order valence-corrected chi connectivity index (χ1v) is 7.49. The highest BCUT2D eigenvalue weighted by Gasteiger charge is 2.17. The Labute approximate surface area is 148 Å². The van der Waals surface area contributed by atoms with Gasteiger partial charge in [0.15, 0.2) is 11.5 Å². The van der Waals surface area contributed by atoms with E-state index in [2.05, 4.69) is 25.8 Å². The van der Waals surface area contributed by atoms with Crippen LogP contribution >= 0.6 is 0 Å². The lowest BCUT2D eigenvalue weighted by molar-refractivity contribution is -0.110. The van der Waals surface area contributed by atoms with Crippen LogP contribution in [0.5, 0.6) is 5.75 Å². The Morgan fingerprint density at radius 1 is 1.38 bits per heavy atom. The molecule has 1 amide bonds. The van der Waals surface area contributed by atoms with Crippen LogP contribution in [0, 0.1) is 11.3 Å². The number of aromatic amines is 1. The fraction of sp³-hybridized carbons (Fsp3) is 0.188. The van der Waals surface area contributed by atoms with Crippen LogP contribution in [0.4, 0.5) is 11.5 Å². The lowest BCUT2D eigenvalue weighted by atomic mass is 10.2. The number of methoxy groups -OCH3 is 1. The second-order valence-corrected chi connectivity index (χ2v) is 4.69. The average Bonchev–Trinajstić information content (AvgIpc) is 3.11. The number of nitrogens with one attached hydrogen (secondary N) is 3. The first-order chi connectivity index (χ1) is 12.6. The zero-order valence-corrected chi connectivity index (χ0v) is 14.1. The molecule has 1 aromatic carbocycles. The molecule has 3 N–H and O–H groups in total. The number of amides is 1. The van der Waals surface area contributed by atoms with Crippen LogP contribution in [-0.2, 0) is 9.53 Å². The molecule has 10 heteroatoms. The minimum atomic E-state index is -0.752. The van der Waals surface area contributed by atoms with E-state index in [-0.39, 0.29) is 18.1 Å². The Morgan fingerprint density at radius 2 is 2.15 bits per heavy atom. The quantitative estimate of drug-likeness (QED) is 0.388. The summed E-state index contributed by atoms with van der Waals surface area (Å²) in [6.07, 6.45) is 1.26. The summed E-state index contributed by atoms with van der Waals surface area (Å²) in [7, 11) is 1.46. The molecule has 0 aliphatic carbocycles. The average molecular weight is 356 g/mol. The van der Waals surface area contributed by atoms with Crippen LogP contribution in [0.25, 0.3) is 0 Å².